The van der Waals surface area contributed by atoms with Crippen LogP contribution < -0.4 is 20.1 Å². The molecule has 1 aromatic carbocycles. The van der Waals surface area contributed by atoms with Crippen molar-refractivity contribution in [3.8, 4) is 23.0 Å². The van der Waals surface area contributed by atoms with Crippen LogP contribution >= 0.6 is 11.8 Å². The highest BCUT2D eigenvalue weighted by atomic mass is 32.2. The van der Waals surface area contributed by atoms with Crippen molar-refractivity contribution >= 4 is 23.6 Å². The highest BCUT2D eigenvalue weighted by Gasteiger charge is 2.13. The third kappa shape index (κ3) is 5.38. The van der Waals surface area contributed by atoms with Crippen LogP contribution in [0.1, 0.15) is 0 Å². The number of likely N-dealkylation sites (N-methyl/N-ethyl adjacent to an activating group) is 1. The second-order valence-corrected chi connectivity index (χ2v) is 5.64. The molecule has 134 valence electrons. The Bertz CT molecular complexity index is 727. The third-order valence-corrected chi connectivity index (χ3v) is 3.88. The lowest BCUT2D eigenvalue weighted by atomic mass is 10.2. The maximum atomic E-state index is 11.6. The van der Waals surface area contributed by atoms with Crippen LogP contribution in [0, 0.1) is 0 Å². The zero-order chi connectivity index (χ0) is 18.2. The molecule has 1 aromatic heterocycles. The molecule has 1 heterocycles. The van der Waals surface area contributed by atoms with Gasteiger partial charge >= 0.3 is 0 Å². The maximum Gasteiger partial charge on any atom is 0.277 e. The topological polar surface area (TPSA) is 116 Å². The van der Waals surface area contributed by atoms with Crippen molar-refractivity contribution in [3.63, 3.8) is 0 Å². The Morgan fingerprint density at radius 1 is 1.12 bits per heavy atom. The van der Waals surface area contributed by atoms with E-state index in [1.807, 2.05) is 0 Å². The molecule has 0 atom stereocenters. The molecule has 2 rings (SSSR count). The first-order valence-electron chi connectivity index (χ1n) is 7.22. The van der Waals surface area contributed by atoms with Crippen LogP contribution in [-0.4, -0.2) is 55.6 Å². The van der Waals surface area contributed by atoms with E-state index in [0.717, 1.165) is 11.8 Å². The van der Waals surface area contributed by atoms with Crippen molar-refractivity contribution in [2.24, 2.45) is 0 Å². The largest absolute Gasteiger partial charge is 0.497 e. The number of nitrogens with zero attached hydrogens (tertiary/aromatic N) is 2. The van der Waals surface area contributed by atoms with E-state index in [2.05, 4.69) is 20.8 Å². The Morgan fingerprint density at radius 2 is 1.80 bits per heavy atom. The van der Waals surface area contributed by atoms with Gasteiger partial charge in [-0.3, -0.25) is 9.59 Å². The van der Waals surface area contributed by atoms with Crippen LogP contribution in [0.25, 0.3) is 11.5 Å². The lowest BCUT2D eigenvalue weighted by Crippen LogP contribution is -2.35. The lowest BCUT2D eigenvalue weighted by Gasteiger charge is -2.05. The molecule has 0 spiro atoms. The molecule has 0 radical (unpaired) electrons. The van der Waals surface area contributed by atoms with Crippen molar-refractivity contribution in [3.05, 3.63) is 18.2 Å². The summed E-state index contributed by atoms with van der Waals surface area (Å²) in [6, 6.07) is 5.20. The lowest BCUT2D eigenvalue weighted by molar-refractivity contribution is -0.124. The standard InChI is InChI=1S/C15H18N4O5S/c1-16-12(20)7-17-13(21)8-25-15-19-18-14(24-15)9-4-10(22-2)6-11(5-9)23-3/h4-6H,7-8H2,1-3H3,(H,16,20)(H,17,21). The summed E-state index contributed by atoms with van der Waals surface area (Å²) in [5.74, 6) is 0.943. The summed E-state index contributed by atoms with van der Waals surface area (Å²) in [6.07, 6.45) is 0. The van der Waals surface area contributed by atoms with E-state index in [0.29, 0.717) is 17.1 Å². The van der Waals surface area contributed by atoms with Crippen LogP contribution in [0.2, 0.25) is 0 Å². The van der Waals surface area contributed by atoms with Crippen LogP contribution in [-0.2, 0) is 9.59 Å². The number of thioether (sulfide) groups is 1. The third-order valence-electron chi connectivity index (χ3n) is 3.06. The second kappa shape index (κ2) is 8.92. The molecule has 0 fully saturated rings. The molecule has 9 nitrogen and oxygen atoms in total. The number of rotatable bonds is 8. The first kappa shape index (κ1) is 18.6. The fourth-order valence-corrected chi connectivity index (χ4v) is 2.35. The second-order valence-electron chi connectivity index (χ2n) is 4.71. The van der Waals surface area contributed by atoms with Crippen LogP contribution in [0.4, 0.5) is 0 Å². The van der Waals surface area contributed by atoms with E-state index < -0.39 is 0 Å². The van der Waals surface area contributed by atoms with E-state index in [1.54, 1.807) is 32.4 Å². The van der Waals surface area contributed by atoms with E-state index in [9.17, 15) is 9.59 Å². The summed E-state index contributed by atoms with van der Waals surface area (Å²) in [4.78, 5) is 22.7. The van der Waals surface area contributed by atoms with E-state index in [1.165, 1.54) is 7.05 Å². The smallest absolute Gasteiger partial charge is 0.277 e. The van der Waals surface area contributed by atoms with Gasteiger partial charge < -0.3 is 24.5 Å². The number of aromatic nitrogens is 2. The van der Waals surface area contributed by atoms with Crippen molar-refractivity contribution in [1.29, 1.82) is 0 Å². The van der Waals surface area contributed by atoms with Crippen molar-refractivity contribution < 1.29 is 23.5 Å². The molecule has 0 unspecified atom stereocenters. The highest BCUT2D eigenvalue weighted by Crippen LogP contribution is 2.30. The number of ether oxygens (including phenoxy) is 2. The molecule has 0 bridgehead atoms. The first-order valence-corrected chi connectivity index (χ1v) is 8.21. The molecule has 0 saturated heterocycles. The Labute approximate surface area is 148 Å². The van der Waals surface area contributed by atoms with Gasteiger partial charge in [-0.15, -0.1) is 10.2 Å². The molecule has 2 aromatic rings. The molecule has 25 heavy (non-hydrogen) atoms. The van der Waals surface area contributed by atoms with Gasteiger partial charge in [0.05, 0.1) is 26.5 Å². The number of benzene rings is 1. The zero-order valence-electron chi connectivity index (χ0n) is 14.0. The summed E-state index contributed by atoms with van der Waals surface area (Å²) in [7, 11) is 4.59. The number of carbonyl (C=O) groups excluding carboxylic acids is 2. The number of amides is 2. The van der Waals surface area contributed by atoms with Gasteiger partial charge in [0, 0.05) is 18.7 Å². The first-order chi connectivity index (χ1) is 12.0. The molecule has 0 aliphatic rings. The van der Waals surface area contributed by atoms with E-state index in [4.69, 9.17) is 13.9 Å². The fraction of sp³-hybridized carbons (Fsp3) is 0.333. The van der Waals surface area contributed by atoms with E-state index in [-0.39, 0.29) is 35.2 Å². The minimum absolute atomic E-state index is 0.0556. The highest BCUT2D eigenvalue weighted by molar-refractivity contribution is 7.99. The van der Waals surface area contributed by atoms with Crippen molar-refractivity contribution in [2.75, 3.05) is 33.6 Å². The normalized spacial score (nSPS) is 10.2. The molecule has 2 amide bonds. The Kier molecular flexibility index (Phi) is 6.63. The zero-order valence-corrected chi connectivity index (χ0v) is 14.8. The number of methoxy groups -OCH3 is 2. The predicted octanol–water partition coefficient (Wildman–Crippen LogP) is 0.708. The molecule has 0 saturated carbocycles. The van der Waals surface area contributed by atoms with Crippen LogP contribution in [0.5, 0.6) is 11.5 Å². The number of hydrogen-bond acceptors (Lipinski definition) is 8. The Hall–Kier alpha value is -2.75. The monoisotopic (exact) mass is 366 g/mol. The molecule has 0 aliphatic heterocycles. The molecular weight excluding hydrogens is 348 g/mol. The summed E-state index contributed by atoms with van der Waals surface area (Å²) in [5.41, 5.74) is 0.639. The Balaban J connectivity index is 1.98. The van der Waals surface area contributed by atoms with Crippen LogP contribution in [0.15, 0.2) is 27.8 Å². The summed E-state index contributed by atoms with van der Waals surface area (Å²) < 4.78 is 15.9. The minimum atomic E-state index is -0.309. The number of hydrogen-bond donors (Lipinski definition) is 2. The average molecular weight is 366 g/mol. The van der Waals surface area contributed by atoms with Crippen molar-refractivity contribution in [2.45, 2.75) is 5.22 Å². The van der Waals surface area contributed by atoms with Gasteiger partial charge in [0.2, 0.25) is 17.7 Å². The van der Waals surface area contributed by atoms with Gasteiger partial charge in [0.1, 0.15) is 11.5 Å². The maximum absolute atomic E-state index is 11.6. The predicted molar refractivity (Wildman–Crippen MR) is 90.6 cm³/mol. The van der Waals surface area contributed by atoms with Gasteiger partial charge in [-0.05, 0) is 12.1 Å². The van der Waals surface area contributed by atoms with Gasteiger partial charge in [-0.1, -0.05) is 11.8 Å². The average Bonchev–Trinajstić information content (AvgIpc) is 3.12. The fourth-order valence-electron chi connectivity index (χ4n) is 1.76. The quantitative estimate of drug-likeness (QED) is 0.656. The summed E-state index contributed by atoms with van der Waals surface area (Å²) in [6.45, 7) is -0.0748. The van der Waals surface area contributed by atoms with E-state index >= 15 is 0 Å². The van der Waals surface area contributed by atoms with Crippen molar-refractivity contribution in [1.82, 2.24) is 20.8 Å². The Morgan fingerprint density at radius 3 is 2.40 bits per heavy atom. The van der Waals surface area contributed by atoms with Crippen LogP contribution in [0.3, 0.4) is 0 Å². The van der Waals surface area contributed by atoms with Gasteiger partial charge in [0.25, 0.3) is 5.22 Å². The summed E-state index contributed by atoms with van der Waals surface area (Å²) in [5, 5.41) is 13.0. The summed E-state index contributed by atoms with van der Waals surface area (Å²) >= 11 is 1.08. The molecule has 10 heteroatoms. The van der Waals surface area contributed by atoms with Gasteiger partial charge in [-0.2, -0.15) is 0 Å². The molecule has 0 aliphatic carbocycles. The molecule has 2 N–H and O–H groups in total. The van der Waals surface area contributed by atoms with Gasteiger partial charge in [0.15, 0.2) is 0 Å². The number of nitrogens with one attached hydrogen (secondary N) is 2. The SMILES string of the molecule is CNC(=O)CNC(=O)CSc1nnc(-c2cc(OC)cc(OC)c2)o1. The number of carbonyl (C=O) groups is 2. The molecular formula is C15H18N4O5S. The minimum Gasteiger partial charge on any atom is -0.497 e. The van der Waals surface area contributed by atoms with Gasteiger partial charge in [-0.25, -0.2) is 0 Å².